The Bertz CT molecular complexity index is 158. The molecule has 4 nitrogen and oxygen atoms in total. The smallest absolute Gasteiger partial charge is 0.106 e. The number of hydrogen-bond donors (Lipinski definition) is 2. The number of oxime groups is 1. The zero-order chi connectivity index (χ0) is 8.27. The second-order valence-corrected chi connectivity index (χ2v) is 2.76. The standard InChI is InChI=1S/C7H15N3O/c1-5-7(10-11-2)6(3-8)4-9-5/h5-6,9H,3-4,8H2,1-2H3/t5-,6?/m1/s1. The van der Waals surface area contributed by atoms with Crippen molar-refractivity contribution < 1.29 is 4.84 Å². The fourth-order valence-corrected chi connectivity index (χ4v) is 1.34. The molecule has 0 aromatic carbocycles. The first-order valence-electron chi connectivity index (χ1n) is 3.84. The Kier molecular flexibility index (Phi) is 2.84. The minimum Gasteiger partial charge on any atom is -0.399 e. The van der Waals surface area contributed by atoms with E-state index in [2.05, 4.69) is 17.4 Å². The normalized spacial score (nSPS) is 34.6. The van der Waals surface area contributed by atoms with Crippen LogP contribution < -0.4 is 11.1 Å². The summed E-state index contributed by atoms with van der Waals surface area (Å²) in [6, 6.07) is 0.309. The van der Waals surface area contributed by atoms with Gasteiger partial charge in [-0.15, -0.1) is 0 Å². The molecule has 1 unspecified atom stereocenters. The van der Waals surface area contributed by atoms with E-state index in [0.717, 1.165) is 12.3 Å². The van der Waals surface area contributed by atoms with Gasteiger partial charge in [0.25, 0.3) is 0 Å². The molecule has 11 heavy (non-hydrogen) atoms. The third kappa shape index (κ3) is 1.70. The summed E-state index contributed by atoms with van der Waals surface area (Å²) >= 11 is 0. The second-order valence-electron chi connectivity index (χ2n) is 2.76. The Labute approximate surface area is 66.8 Å². The van der Waals surface area contributed by atoms with Gasteiger partial charge in [-0.3, -0.25) is 0 Å². The molecular formula is C7H15N3O. The number of nitrogens with zero attached hydrogens (tertiary/aromatic N) is 1. The molecule has 1 aliphatic rings. The van der Waals surface area contributed by atoms with Crippen LogP contribution >= 0.6 is 0 Å². The average Bonchev–Trinajstić information content (AvgIpc) is 2.34. The maximum Gasteiger partial charge on any atom is 0.106 e. The number of nitrogens with two attached hydrogens (primary N) is 1. The van der Waals surface area contributed by atoms with E-state index in [4.69, 9.17) is 10.6 Å². The van der Waals surface area contributed by atoms with Crippen molar-refractivity contribution in [2.45, 2.75) is 13.0 Å². The summed E-state index contributed by atoms with van der Waals surface area (Å²) < 4.78 is 0. The minimum atomic E-state index is 0.309. The summed E-state index contributed by atoms with van der Waals surface area (Å²) in [6.45, 7) is 3.62. The second kappa shape index (κ2) is 3.69. The molecule has 1 rings (SSSR count). The molecule has 0 amide bonds. The van der Waals surface area contributed by atoms with E-state index in [9.17, 15) is 0 Å². The van der Waals surface area contributed by atoms with Crippen LogP contribution in [0.15, 0.2) is 5.16 Å². The maximum absolute atomic E-state index is 5.54. The molecule has 2 atom stereocenters. The van der Waals surface area contributed by atoms with Gasteiger partial charge in [0, 0.05) is 25.0 Å². The first-order valence-corrected chi connectivity index (χ1v) is 3.84. The minimum absolute atomic E-state index is 0.309. The zero-order valence-electron chi connectivity index (χ0n) is 7.00. The number of hydrogen-bond acceptors (Lipinski definition) is 4. The largest absolute Gasteiger partial charge is 0.399 e. The van der Waals surface area contributed by atoms with Gasteiger partial charge in [0.05, 0.1) is 5.71 Å². The molecule has 1 fully saturated rings. The van der Waals surface area contributed by atoms with Crippen LogP contribution in [0.3, 0.4) is 0 Å². The molecule has 0 bridgehead atoms. The van der Waals surface area contributed by atoms with Crippen molar-refractivity contribution in [1.29, 1.82) is 0 Å². The van der Waals surface area contributed by atoms with Crippen LogP contribution in [-0.4, -0.2) is 32.0 Å². The Morgan fingerprint density at radius 3 is 3.09 bits per heavy atom. The topological polar surface area (TPSA) is 59.6 Å². The molecule has 0 aromatic heterocycles. The lowest BCUT2D eigenvalue weighted by Gasteiger charge is -2.07. The quantitative estimate of drug-likeness (QED) is 0.534. The summed E-state index contributed by atoms with van der Waals surface area (Å²) in [5, 5.41) is 7.20. The Balaban J connectivity index is 2.63. The lowest BCUT2D eigenvalue weighted by molar-refractivity contribution is 0.211. The molecule has 1 aliphatic heterocycles. The third-order valence-corrected chi connectivity index (χ3v) is 2.01. The van der Waals surface area contributed by atoms with Crippen LogP contribution in [0.2, 0.25) is 0 Å². The fraction of sp³-hybridized carbons (Fsp3) is 0.857. The van der Waals surface area contributed by atoms with Crippen LogP contribution in [0.25, 0.3) is 0 Å². The van der Waals surface area contributed by atoms with Crippen LogP contribution in [0, 0.1) is 5.92 Å². The van der Waals surface area contributed by atoms with E-state index in [1.54, 1.807) is 7.11 Å². The van der Waals surface area contributed by atoms with Gasteiger partial charge in [0.2, 0.25) is 0 Å². The lowest BCUT2D eigenvalue weighted by atomic mass is 10.0. The monoisotopic (exact) mass is 157 g/mol. The first kappa shape index (κ1) is 8.49. The summed E-state index contributed by atoms with van der Waals surface area (Å²) in [7, 11) is 1.56. The summed E-state index contributed by atoms with van der Waals surface area (Å²) in [5.41, 5.74) is 6.58. The predicted molar refractivity (Wildman–Crippen MR) is 44.5 cm³/mol. The molecule has 3 N–H and O–H groups in total. The maximum atomic E-state index is 5.54. The molecule has 4 heteroatoms. The highest BCUT2D eigenvalue weighted by Crippen LogP contribution is 2.09. The van der Waals surface area contributed by atoms with Crippen LogP contribution in [0.1, 0.15) is 6.92 Å². The van der Waals surface area contributed by atoms with Crippen molar-refractivity contribution in [1.82, 2.24) is 5.32 Å². The third-order valence-electron chi connectivity index (χ3n) is 2.01. The van der Waals surface area contributed by atoms with Gasteiger partial charge in [0.1, 0.15) is 7.11 Å². The van der Waals surface area contributed by atoms with E-state index < -0.39 is 0 Å². The van der Waals surface area contributed by atoms with Crippen LogP contribution in [0.5, 0.6) is 0 Å². The Hall–Kier alpha value is -0.610. The van der Waals surface area contributed by atoms with E-state index >= 15 is 0 Å². The van der Waals surface area contributed by atoms with Crippen molar-refractivity contribution in [3.05, 3.63) is 0 Å². The van der Waals surface area contributed by atoms with E-state index in [1.165, 1.54) is 0 Å². The molecule has 0 aliphatic carbocycles. The first-order chi connectivity index (χ1) is 5.29. The Morgan fingerprint density at radius 2 is 2.55 bits per heavy atom. The zero-order valence-corrected chi connectivity index (χ0v) is 7.00. The van der Waals surface area contributed by atoms with Crippen LogP contribution in [-0.2, 0) is 4.84 Å². The highest BCUT2D eigenvalue weighted by atomic mass is 16.6. The fourth-order valence-electron chi connectivity index (χ4n) is 1.34. The van der Waals surface area contributed by atoms with Gasteiger partial charge in [0.15, 0.2) is 0 Å². The predicted octanol–water partition coefficient (Wildman–Crippen LogP) is -0.445. The molecule has 1 heterocycles. The van der Waals surface area contributed by atoms with Crippen molar-refractivity contribution >= 4 is 5.71 Å². The number of rotatable bonds is 2. The average molecular weight is 157 g/mol. The highest BCUT2D eigenvalue weighted by Gasteiger charge is 2.27. The molecule has 0 saturated carbocycles. The molecule has 0 aromatic rings. The van der Waals surface area contributed by atoms with Crippen molar-refractivity contribution in [3.8, 4) is 0 Å². The summed E-state index contributed by atoms with van der Waals surface area (Å²) in [6.07, 6.45) is 0. The number of nitrogens with one attached hydrogen (secondary N) is 1. The van der Waals surface area contributed by atoms with E-state index in [-0.39, 0.29) is 0 Å². The molecule has 64 valence electrons. The molecule has 0 spiro atoms. The van der Waals surface area contributed by atoms with Crippen molar-refractivity contribution in [2.75, 3.05) is 20.2 Å². The molecular weight excluding hydrogens is 142 g/mol. The summed E-state index contributed by atoms with van der Waals surface area (Å²) in [4.78, 5) is 4.72. The van der Waals surface area contributed by atoms with E-state index in [0.29, 0.717) is 18.5 Å². The van der Waals surface area contributed by atoms with Crippen molar-refractivity contribution in [3.63, 3.8) is 0 Å². The van der Waals surface area contributed by atoms with Gasteiger partial charge in [-0.1, -0.05) is 5.16 Å². The van der Waals surface area contributed by atoms with Gasteiger partial charge < -0.3 is 15.9 Å². The van der Waals surface area contributed by atoms with Crippen molar-refractivity contribution in [2.24, 2.45) is 16.8 Å². The Morgan fingerprint density at radius 1 is 1.82 bits per heavy atom. The summed E-state index contributed by atoms with van der Waals surface area (Å²) in [5.74, 6) is 0.352. The van der Waals surface area contributed by atoms with Crippen LogP contribution in [0.4, 0.5) is 0 Å². The molecule has 1 saturated heterocycles. The van der Waals surface area contributed by atoms with Gasteiger partial charge in [-0.2, -0.15) is 0 Å². The molecule has 0 radical (unpaired) electrons. The van der Waals surface area contributed by atoms with Gasteiger partial charge in [-0.25, -0.2) is 0 Å². The highest BCUT2D eigenvalue weighted by molar-refractivity contribution is 5.93. The van der Waals surface area contributed by atoms with Gasteiger partial charge >= 0.3 is 0 Å². The van der Waals surface area contributed by atoms with Gasteiger partial charge in [-0.05, 0) is 6.92 Å². The lowest BCUT2D eigenvalue weighted by Crippen LogP contribution is -2.25. The SMILES string of the molecule is CON=C1C(CN)CN[C@@H]1C. The van der Waals surface area contributed by atoms with E-state index in [1.807, 2.05) is 0 Å².